The van der Waals surface area contributed by atoms with Gasteiger partial charge in [0.15, 0.2) is 0 Å². The number of carbonyl (C=O) groups excluding carboxylic acids is 2. The Balaban J connectivity index is 1.62. The molecule has 0 atom stereocenters. The summed E-state index contributed by atoms with van der Waals surface area (Å²) in [6, 6.07) is 14.4. The molecule has 2 aromatic carbocycles. The highest BCUT2D eigenvalue weighted by molar-refractivity contribution is 5.92. The van der Waals surface area contributed by atoms with Crippen LogP contribution in [0.4, 0.5) is 10.5 Å². The second-order valence-electron chi connectivity index (χ2n) is 8.03. The molecule has 0 aromatic heterocycles. The van der Waals surface area contributed by atoms with E-state index >= 15 is 0 Å². The first kappa shape index (κ1) is 25.5. The predicted molar refractivity (Wildman–Crippen MR) is 131 cm³/mol. The van der Waals surface area contributed by atoms with Crippen LogP contribution in [0.3, 0.4) is 0 Å². The van der Waals surface area contributed by atoms with Crippen molar-refractivity contribution < 1.29 is 23.8 Å². The Morgan fingerprint density at radius 3 is 2.35 bits per heavy atom. The van der Waals surface area contributed by atoms with Gasteiger partial charge in [-0.15, -0.1) is 0 Å². The molecule has 0 spiro atoms. The maximum atomic E-state index is 13.2. The van der Waals surface area contributed by atoms with Crippen molar-refractivity contribution >= 4 is 17.7 Å². The van der Waals surface area contributed by atoms with Crippen LogP contribution in [-0.4, -0.2) is 74.4 Å². The minimum absolute atomic E-state index is 0.181. The monoisotopic (exact) mass is 469 g/mol. The van der Waals surface area contributed by atoms with Crippen LogP contribution >= 0.6 is 0 Å². The SMILES string of the molecule is CCOC(=O)c1ccc(NC(=O)N(CCCN2CCOCC2)Cc2ccc(OCC)cc2)cc1. The number of nitrogens with zero attached hydrogens (tertiary/aromatic N) is 2. The molecule has 3 rings (SSSR count). The molecule has 0 aliphatic carbocycles. The molecule has 0 unspecified atom stereocenters. The van der Waals surface area contributed by atoms with Gasteiger partial charge in [0.2, 0.25) is 0 Å². The molecule has 1 aliphatic heterocycles. The van der Waals surface area contributed by atoms with Crippen molar-refractivity contribution in [1.82, 2.24) is 9.80 Å². The lowest BCUT2D eigenvalue weighted by Gasteiger charge is -2.28. The second kappa shape index (κ2) is 13.6. The van der Waals surface area contributed by atoms with Gasteiger partial charge in [-0.3, -0.25) is 4.90 Å². The van der Waals surface area contributed by atoms with E-state index in [4.69, 9.17) is 14.2 Å². The molecule has 2 amide bonds. The van der Waals surface area contributed by atoms with Crippen LogP contribution in [0.2, 0.25) is 0 Å². The summed E-state index contributed by atoms with van der Waals surface area (Å²) in [5.41, 5.74) is 2.11. The lowest BCUT2D eigenvalue weighted by Crippen LogP contribution is -2.40. The van der Waals surface area contributed by atoms with Gasteiger partial charge < -0.3 is 24.4 Å². The third-order valence-corrected chi connectivity index (χ3v) is 5.55. The normalized spacial score (nSPS) is 13.8. The number of nitrogens with one attached hydrogen (secondary N) is 1. The van der Waals surface area contributed by atoms with Gasteiger partial charge in [-0.25, -0.2) is 9.59 Å². The average Bonchev–Trinajstić information content (AvgIpc) is 2.86. The van der Waals surface area contributed by atoms with Crippen molar-refractivity contribution in [2.24, 2.45) is 0 Å². The third-order valence-electron chi connectivity index (χ3n) is 5.55. The number of benzene rings is 2. The Labute approximate surface area is 201 Å². The van der Waals surface area contributed by atoms with Crippen molar-refractivity contribution in [3.05, 3.63) is 59.7 Å². The summed E-state index contributed by atoms with van der Waals surface area (Å²) >= 11 is 0. The number of morpholine rings is 1. The molecule has 1 heterocycles. The standard InChI is InChI=1S/C26H35N3O5/c1-3-33-24-12-6-21(7-13-24)20-29(15-5-14-28-16-18-32-19-17-28)26(31)27-23-10-8-22(9-11-23)25(30)34-4-2/h6-13H,3-5,14-20H2,1-2H3,(H,27,31). The molecule has 34 heavy (non-hydrogen) atoms. The Morgan fingerprint density at radius 1 is 1.00 bits per heavy atom. The minimum atomic E-state index is -0.374. The summed E-state index contributed by atoms with van der Waals surface area (Å²) < 4.78 is 16.0. The van der Waals surface area contributed by atoms with Crippen molar-refractivity contribution in [1.29, 1.82) is 0 Å². The molecule has 8 nitrogen and oxygen atoms in total. The van der Waals surface area contributed by atoms with Gasteiger partial charge in [-0.05, 0) is 62.2 Å². The Hall–Kier alpha value is -3.10. The zero-order valence-electron chi connectivity index (χ0n) is 20.1. The topological polar surface area (TPSA) is 80.3 Å². The van der Waals surface area contributed by atoms with E-state index in [2.05, 4.69) is 10.2 Å². The Morgan fingerprint density at radius 2 is 1.71 bits per heavy atom. The molecular formula is C26H35N3O5. The van der Waals surface area contributed by atoms with E-state index in [1.54, 1.807) is 31.2 Å². The van der Waals surface area contributed by atoms with Crippen LogP contribution in [0.15, 0.2) is 48.5 Å². The van der Waals surface area contributed by atoms with E-state index in [0.29, 0.717) is 37.6 Å². The number of hydrogen-bond donors (Lipinski definition) is 1. The smallest absolute Gasteiger partial charge is 0.338 e. The van der Waals surface area contributed by atoms with E-state index in [1.165, 1.54) is 0 Å². The van der Waals surface area contributed by atoms with Crippen LogP contribution in [0.5, 0.6) is 5.75 Å². The second-order valence-corrected chi connectivity index (χ2v) is 8.03. The predicted octanol–water partition coefficient (Wildman–Crippen LogP) is 4.02. The summed E-state index contributed by atoms with van der Waals surface area (Å²) in [6.07, 6.45) is 0.867. The number of urea groups is 1. The zero-order valence-corrected chi connectivity index (χ0v) is 20.1. The van der Waals surface area contributed by atoms with Crippen molar-refractivity contribution in [2.45, 2.75) is 26.8 Å². The van der Waals surface area contributed by atoms with Gasteiger partial charge in [0.1, 0.15) is 5.75 Å². The molecule has 0 bridgehead atoms. The number of esters is 1. The first-order valence-electron chi connectivity index (χ1n) is 11.9. The van der Waals surface area contributed by atoms with Crippen molar-refractivity contribution in [3.63, 3.8) is 0 Å². The van der Waals surface area contributed by atoms with E-state index < -0.39 is 0 Å². The molecule has 1 fully saturated rings. The van der Waals surface area contributed by atoms with Gasteiger partial charge in [-0.1, -0.05) is 12.1 Å². The molecule has 1 aliphatic rings. The molecular weight excluding hydrogens is 434 g/mol. The van der Waals surface area contributed by atoms with E-state index in [0.717, 1.165) is 50.6 Å². The number of carbonyl (C=O) groups is 2. The van der Waals surface area contributed by atoms with Gasteiger partial charge in [0.05, 0.1) is 32.0 Å². The van der Waals surface area contributed by atoms with E-state index in [9.17, 15) is 9.59 Å². The number of rotatable bonds is 11. The first-order chi connectivity index (χ1) is 16.6. The van der Waals surface area contributed by atoms with Crippen LogP contribution in [0, 0.1) is 0 Å². The molecule has 1 saturated heterocycles. The van der Waals surface area contributed by atoms with Gasteiger partial charge >= 0.3 is 12.0 Å². The van der Waals surface area contributed by atoms with Crippen molar-refractivity contribution in [3.8, 4) is 5.75 Å². The summed E-state index contributed by atoms with van der Waals surface area (Å²) in [6.45, 7) is 10.1. The number of hydrogen-bond acceptors (Lipinski definition) is 6. The third kappa shape index (κ3) is 8.04. The average molecular weight is 470 g/mol. The molecule has 184 valence electrons. The van der Waals surface area contributed by atoms with Gasteiger partial charge in [-0.2, -0.15) is 0 Å². The fourth-order valence-corrected chi connectivity index (χ4v) is 3.75. The van der Waals surface area contributed by atoms with Gasteiger partial charge in [0.25, 0.3) is 0 Å². The maximum absolute atomic E-state index is 13.2. The first-order valence-corrected chi connectivity index (χ1v) is 11.9. The molecule has 8 heteroatoms. The highest BCUT2D eigenvalue weighted by atomic mass is 16.5. The Bertz CT molecular complexity index is 896. The van der Waals surface area contributed by atoms with Crippen molar-refractivity contribution in [2.75, 3.05) is 57.9 Å². The maximum Gasteiger partial charge on any atom is 0.338 e. The summed E-state index contributed by atoms with van der Waals surface area (Å²) in [7, 11) is 0. The largest absolute Gasteiger partial charge is 0.494 e. The minimum Gasteiger partial charge on any atom is -0.494 e. The zero-order chi connectivity index (χ0) is 24.2. The molecule has 2 aromatic rings. The fraction of sp³-hybridized carbons (Fsp3) is 0.462. The highest BCUT2D eigenvalue weighted by Crippen LogP contribution is 2.16. The highest BCUT2D eigenvalue weighted by Gasteiger charge is 2.17. The quantitative estimate of drug-likeness (QED) is 0.501. The number of ether oxygens (including phenoxy) is 3. The van der Waals surface area contributed by atoms with Crippen LogP contribution in [-0.2, 0) is 16.0 Å². The van der Waals surface area contributed by atoms with E-state index in [1.807, 2.05) is 36.1 Å². The molecule has 0 saturated carbocycles. The fourth-order valence-electron chi connectivity index (χ4n) is 3.75. The lowest BCUT2D eigenvalue weighted by molar-refractivity contribution is 0.0365. The summed E-state index contributed by atoms with van der Waals surface area (Å²) in [4.78, 5) is 29.2. The van der Waals surface area contributed by atoms with Gasteiger partial charge in [0, 0.05) is 38.4 Å². The van der Waals surface area contributed by atoms with Crippen LogP contribution in [0.25, 0.3) is 0 Å². The summed E-state index contributed by atoms with van der Waals surface area (Å²) in [5, 5.41) is 2.96. The van der Waals surface area contributed by atoms with Crippen LogP contribution < -0.4 is 10.1 Å². The summed E-state index contributed by atoms with van der Waals surface area (Å²) in [5.74, 6) is 0.442. The molecule has 0 radical (unpaired) electrons. The van der Waals surface area contributed by atoms with Crippen LogP contribution in [0.1, 0.15) is 36.2 Å². The number of anilines is 1. The number of amides is 2. The lowest BCUT2D eigenvalue weighted by atomic mass is 10.2. The molecule has 1 N–H and O–H groups in total. The Kier molecular flexibility index (Phi) is 10.2. The van der Waals surface area contributed by atoms with E-state index in [-0.39, 0.29) is 12.0 Å².